The van der Waals surface area contributed by atoms with Crippen LogP contribution in [0.5, 0.6) is 0 Å². The van der Waals surface area contributed by atoms with Crippen LogP contribution in [0, 0.1) is 5.92 Å². The summed E-state index contributed by atoms with van der Waals surface area (Å²) in [4.78, 5) is 6.98. The molecule has 0 atom stereocenters. The lowest BCUT2D eigenvalue weighted by atomic mass is 10.2. The van der Waals surface area contributed by atoms with Gasteiger partial charge in [0.1, 0.15) is 0 Å². The molecule has 6 heteroatoms. The molecule has 0 aliphatic heterocycles. The Bertz CT molecular complexity index is 252. The van der Waals surface area contributed by atoms with Crippen molar-refractivity contribution in [2.24, 2.45) is 5.92 Å². The van der Waals surface area contributed by atoms with Crippen LogP contribution in [-0.4, -0.2) is 32.9 Å². The Kier molecular flexibility index (Phi) is 7.08. The van der Waals surface area contributed by atoms with E-state index in [2.05, 4.69) is 4.89 Å². The lowest BCUT2D eigenvalue weighted by molar-refractivity contribution is 0.0681. The van der Waals surface area contributed by atoms with Crippen molar-refractivity contribution in [1.29, 1.82) is 0 Å². The molecule has 0 radical (unpaired) electrons. The summed E-state index contributed by atoms with van der Waals surface area (Å²) in [5, 5.41) is 0. The van der Waals surface area contributed by atoms with Crippen molar-refractivity contribution < 1.29 is 13.3 Å². The van der Waals surface area contributed by atoms with Crippen molar-refractivity contribution in [3.63, 3.8) is 0 Å². The fraction of sp³-hybridized carbons (Fsp3) is 1.00. The topological polar surface area (TPSA) is 58.6 Å². The molecule has 0 saturated heterocycles. The van der Waals surface area contributed by atoms with Crippen molar-refractivity contribution in [1.82, 2.24) is 9.19 Å². The third kappa shape index (κ3) is 6.83. The molecule has 0 bridgehead atoms. The molecule has 0 aromatic heterocycles. The quantitative estimate of drug-likeness (QED) is 0.645. The van der Waals surface area contributed by atoms with E-state index in [1.807, 2.05) is 20.8 Å². The van der Waals surface area contributed by atoms with Crippen LogP contribution >= 0.6 is 0 Å². The van der Waals surface area contributed by atoms with E-state index in [4.69, 9.17) is 4.84 Å². The lowest BCUT2D eigenvalue weighted by Gasteiger charge is -2.17. The average Bonchev–Trinajstić information content (AvgIpc) is 2.13. The molecule has 0 aliphatic rings. The summed E-state index contributed by atoms with van der Waals surface area (Å²) in [6, 6.07) is 0. The van der Waals surface area contributed by atoms with Gasteiger partial charge in [-0.1, -0.05) is 32.1 Å². The van der Waals surface area contributed by atoms with Gasteiger partial charge in [0.15, 0.2) is 0 Å². The zero-order valence-corrected chi connectivity index (χ0v) is 10.8. The highest BCUT2D eigenvalue weighted by atomic mass is 32.2. The molecular formula is C9H22N2O3S. The lowest BCUT2D eigenvalue weighted by Crippen LogP contribution is -2.39. The van der Waals surface area contributed by atoms with Gasteiger partial charge in [-0.2, -0.15) is 12.7 Å². The minimum Gasteiger partial charge on any atom is -0.286 e. The Morgan fingerprint density at radius 1 is 1.40 bits per heavy atom. The standard InChI is InChI=1S/C9H22N2O3S/c1-5-6-7-11(4)15(12,13)10-14-8-9(2)3/h9-10H,5-8H2,1-4H3. The van der Waals surface area contributed by atoms with Crippen LogP contribution in [0.2, 0.25) is 0 Å². The first-order chi connectivity index (χ1) is 6.90. The monoisotopic (exact) mass is 238 g/mol. The van der Waals surface area contributed by atoms with Crippen molar-refractivity contribution in [3.8, 4) is 0 Å². The number of nitrogens with zero attached hydrogens (tertiary/aromatic N) is 1. The number of unbranched alkanes of at least 4 members (excludes halogenated alkanes) is 1. The van der Waals surface area contributed by atoms with Gasteiger partial charge >= 0.3 is 10.2 Å². The van der Waals surface area contributed by atoms with Crippen molar-refractivity contribution >= 4 is 10.2 Å². The van der Waals surface area contributed by atoms with E-state index in [9.17, 15) is 8.42 Å². The van der Waals surface area contributed by atoms with Gasteiger partial charge in [0.05, 0.1) is 6.61 Å². The maximum atomic E-state index is 11.5. The van der Waals surface area contributed by atoms with E-state index >= 15 is 0 Å². The fourth-order valence-corrected chi connectivity index (χ4v) is 1.55. The molecule has 0 fully saturated rings. The summed E-state index contributed by atoms with van der Waals surface area (Å²) in [5.74, 6) is 0.300. The van der Waals surface area contributed by atoms with Gasteiger partial charge in [0.25, 0.3) is 0 Å². The molecule has 0 unspecified atom stereocenters. The highest BCUT2D eigenvalue weighted by molar-refractivity contribution is 7.86. The minimum atomic E-state index is -3.47. The Balaban J connectivity index is 3.95. The van der Waals surface area contributed by atoms with Crippen molar-refractivity contribution in [2.75, 3.05) is 20.2 Å². The predicted molar refractivity (Wildman–Crippen MR) is 60.4 cm³/mol. The number of hydrogen-bond acceptors (Lipinski definition) is 3. The molecule has 0 saturated carbocycles. The van der Waals surface area contributed by atoms with Crippen LogP contribution in [0.1, 0.15) is 33.6 Å². The van der Waals surface area contributed by atoms with Crippen LogP contribution in [0.3, 0.4) is 0 Å². The molecular weight excluding hydrogens is 216 g/mol. The van der Waals surface area contributed by atoms with Crippen molar-refractivity contribution in [3.05, 3.63) is 0 Å². The molecule has 0 heterocycles. The summed E-state index contributed by atoms with van der Waals surface area (Å²) in [6.07, 6.45) is 1.81. The van der Waals surface area contributed by atoms with E-state index in [0.717, 1.165) is 12.8 Å². The molecule has 0 amide bonds. The number of rotatable bonds is 8. The molecule has 0 rings (SSSR count). The zero-order valence-electron chi connectivity index (χ0n) is 9.99. The third-order valence-electron chi connectivity index (χ3n) is 1.82. The van der Waals surface area contributed by atoms with Gasteiger partial charge in [0.2, 0.25) is 0 Å². The molecule has 0 aliphatic carbocycles. The largest absolute Gasteiger partial charge is 0.301 e. The summed E-state index contributed by atoms with van der Waals surface area (Å²) in [6.45, 7) is 6.81. The minimum absolute atomic E-state index is 0.300. The van der Waals surface area contributed by atoms with Gasteiger partial charge in [-0.05, 0) is 12.3 Å². The second-order valence-electron chi connectivity index (χ2n) is 3.97. The van der Waals surface area contributed by atoms with Gasteiger partial charge in [-0.3, -0.25) is 4.84 Å². The molecule has 15 heavy (non-hydrogen) atoms. The molecule has 92 valence electrons. The summed E-state index contributed by atoms with van der Waals surface area (Å²) >= 11 is 0. The van der Waals surface area contributed by atoms with E-state index in [-0.39, 0.29) is 0 Å². The molecule has 5 nitrogen and oxygen atoms in total. The SMILES string of the molecule is CCCCN(C)S(=O)(=O)NOCC(C)C. The first-order valence-electron chi connectivity index (χ1n) is 5.25. The van der Waals surface area contributed by atoms with Crippen molar-refractivity contribution in [2.45, 2.75) is 33.6 Å². The van der Waals surface area contributed by atoms with E-state index in [1.54, 1.807) is 0 Å². The highest BCUT2D eigenvalue weighted by Gasteiger charge is 2.16. The normalized spacial score (nSPS) is 12.7. The van der Waals surface area contributed by atoms with Crippen LogP contribution in [0.15, 0.2) is 0 Å². The second kappa shape index (κ2) is 7.16. The predicted octanol–water partition coefficient (Wildman–Crippen LogP) is 1.14. The van der Waals surface area contributed by atoms with E-state index in [1.165, 1.54) is 11.4 Å². The second-order valence-corrected chi connectivity index (χ2v) is 5.71. The van der Waals surface area contributed by atoms with Gasteiger partial charge in [0, 0.05) is 13.6 Å². The smallest absolute Gasteiger partial charge is 0.286 e. The molecule has 0 aromatic carbocycles. The maximum absolute atomic E-state index is 11.5. The first-order valence-corrected chi connectivity index (χ1v) is 6.69. The summed E-state index contributed by atoms with van der Waals surface area (Å²) < 4.78 is 24.3. The van der Waals surface area contributed by atoms with E-state index < -0.39 is 10.2 Å². The van der Waals surface area contributed by atoms with Crippen LogP contribution in [0.4, 0.5) is 0 Å². The van der Waals surface area contributed by atoms with Crippen LogP contribution in [0.25, 0.3) is 0 Å². The van der Waals surface area contributed by atoms with Crippen LogP contribution < -0.4 is 4.89 Å². The van der Waals surface area contributed by atoms with Gasteiger partial charge in [-0.15, -0.1) is 0 Å². The third-order valence-corrected chi connectivity index (χ3v) is 3.15. The summed E-state index contributed by atoms with van der Waals surface area (Å²) in [5.41, 5.74) is 0. The molecule has 0 spiro atoms. The Morgan fingerprint density at radius 3 is 2.47 bits per heavy atom. The molecule has 1 N–H and O–H groups in total. The molecule has 0 aromatic rings. The van der Waals surface area contributed by atoms with Gasteiger partial charge < -0.3 is 0 Å². The maximum Gasteiger partial charge on any atom is 0.301 e. The highest BCUT2D eigenvalue weighted by Crippen LogP contribution is 1.99. The van der Waals surface area contributed by atoms with E-state index in [0.29, 0.717) is 19.1 Å². The van der Waals surface area contributed by atoms with Gasteiger partial charge in [-0.25, -0.2) is 0 Å². The zero-order chi connectivity index (χ0) is 11.9. The Labute approximate surface area is 92.9 Å². The van der Waals surface area contributed by atoms with Crippen LogP contribution in [-0.2, 0) is 15.0 Å². The number of hydrogen-bond donors (Lipinski definition) is 1. The summed E-state index contributed by atoms with van der Waals surface area (Å²) in [7, 11) is -1.93. The average molecular weight is 238 g/mol. The Morgan fingerprint density at radius 2 is 2.00 bits per heavy atom. The Hall–Kier alpha value is -0.170. The first kappa shape index (κ1) is 14.8. The number of nitrogens with one attached hydrogen (secondary N) is 1. The fourth-order valence-electron chi connectivity index (χ4n) is 0.840.